The molecule has 0 fully saturated rings. The van der Waals surface area contributed by atoms with E-state index in [1.807, 2.05) is 0 Å². The Morgan fingerprint density at radius 3 is 1.31 bits per heavy atom. The molecule has 4 aromatic heterocycles. The van der Waals surface area contributed by atoms with Crippen LogP contribution in [0.2, 0.25) is 0 Å². The molecule has 21 nitrogen and oxygen atoms in total. The predicted octanol–water partition coefficient (Wildman–Crippen LogP) is 10.1. The Hall–Kier alpha value is -8.75. The van der Waals surface area contributed by atoms with E-state index in [0.29, 0.717) is 83.5 Å². The molecule has 6 N–H and O–H groups in total. The summed E-state index contributed by atoms with van der Waals surface area (Å²) in [4.78, 5) is 42.0. The molecule has 8 aromatic rings. The number of carbonyl (C=O) groups is 2. The third kappa shape index (κ3) is 14.9. The molecular weight excluding hydrogens is 1080 g/mol. The Balaban J connectivity index is 0.858. The van der Waals surface area contributed by atoms with Crippen LogP contribution in [-0.2, 0) is 61.7 Å². The lowest BCUT2D eigenvalue weighted by Crippen LogP contribution is -2.20. The molecule has 0 saturated heterocycles. The Morgan fingerprint density at radius 2 is 0.950 bits per heavy atom. The predicted molar refractivity (Wildman–Crippen MR) is 285 cm³/mol. The molecule has 0 aliphatic carbocycles. The summed E-state index contributed by atoms with van der Waals surface area (Å²) < 4.78 is 123. The van der Waals surface area contributed by atoms with Gasteiger partial charge in [-0.2, -0.15) is 46.5 Å². The number of hydrogen-bond donors (Lipinski definition) is 6. The highest BCUT2D eigenvalue weighted by Gasteiger charge is 2.37. The molecule has 0 aliphatic heterocycles. The van der Waals surface area contributed by atoms with Crippen LogP contribution < -0.4 is 31.9 Å². The van der Waals surface area contributed by atoms with Gasteiger partial charge < -0.3 is 50.4 Å². The fraction of sp³-hybridized carbons (Fsp3) is 0.231. The van der Waals surface area contributed by atoms with E-state index in [0.717, 1.165) is 0 Å². The minimum Gasteiger partial charge on any atom is -0.383 e. The van der Waals surface area contributed by atoms with E-state index in [4.69, 9.17) is 18.5 Å². The van der Waals surface area contributed by atoms with Gasteiger partial charge in [-0.15, -0.1) is 0 Å². The first-order valence-electron chi connectivity index (χ1n) is 24.1. The summed E-state index contributed by atoms with van der Waals surface area (Å²) in [6, 6.07) is 22.1. The lowest BCUT2D eigenvalue weighted by Gasteiger charge is -2.17. The molecule has 4 aromatic carbocycles. The Morgan fingerprint density at radius 1 is 0.550 bits per heavy atom. The normalized spacial score (nSPS) is 11.6. The molecule has 4 heterocycles. The van der Waals surface area contributed by atoms with E-state index in [1.165, 1.54) is 38.4 Å². The summed E-state index contributed by atoms with van der Waals surface area (Å²) in [6.07, 6.45) is -1.77. The summed E-state index contributed by atoms with van der Waals surface area (Å²) in [7, 11) is 2.89. The SMILES string of the molecule is CNC(=O)c1cc(-c2cnn(CCOC)c2)ccc1Nc1nc(Nc2ccc(CO[PH](=O)OCc3ccc(Nc4ncc(C(F)(F)F)c(Nc5ccc(-c6cnn(CCOC)c6)cc5C(=O)NC)n4)cc3)cc2)ncc1C(F)(F)F. The van der Waals surface area contributed by atoms with Crippen LogP contribution in [0.25, 0.3) is 22.3 Å². The Bertz CT molecular complexity index is 3250. The van der Waals surface area contributed by atoms with Crippen molar-refractivity contribution in [1.29, 1.82) is 0 Å². The number of anilines is 8. The highest BCUT2D eigenvalue weighted by atomic mass is 31.1. The molecule has 418 valence electrons. The number of ether oxygens (including phenoxy) is 2. The third-order valence-electron chi connectivity index (χ3n) is 11.8. The number of nitrogens with zero attached hydrogens (tertiary/aromatic N) is 8. The number of carbonyl (C=O) groups excluding carboxylic acids is 2. The van der Waals surface area contributed by atoms with Crippen molar-refractivity contribution in [1.82, 2.24) is 50.1 Å². The topological polar surface area (TPSA) is 248 Å². The number of nitrogens with one attached hydrogen (secondary N) is 6. The number of methoxy groups -OCH3 is 2. The van der Waals surface area contributed by atoms with E-state index >= 15 is 0 Å². The van der Waals surface area contributed by atoms with Crippen molar-refractivity contribution in [3.05, 3.63) is 155 Å². The van der Waals surface area contributed by atoms with Crippen LogP contribution in [0.1, 0.15) is 43.0 Å². The lowest BCUT2D eigenvalue weighted by molar-refractivity contribution is -0.138. The van der Waals surface area contributed by atoms with E-state index < -0.39 is 55.2 Å². The zero-order valence-corrected chi connectivity index (χ0v) is 44.0. The van der Waals surface area contributed by atoms with Crippen LogP contribution in [0.3, 0.4) is 0 Å². The summed E-state index contributed by atoms with van der Waals surface area (Å²) in [6.45, 7) is 1.57. The van der Waals surface area contributed by atoms with Crippen LogP contribution in [0.15, 0.2) is 122 Å². The first-order valence-corrected chi connectivity index (χ1v) is 25.3. The van der Waals surface area contributed by atoms with Crippen molar-refractivity contribution in [3.63, 3.8) is 0 Å². The Labute approximate surface area is 453 Å². The molecule has 0 radical (unpaired) electrons. The fourth-order valence-electron chi connectivity index (χ4n) is 7.65. The Kier molecular flexibility index (Phi) is 18.5. The molecule has 0 aliphatic rings. The molecule has 0 atom stereocenters. The monoisotopic (exact) mass is 1130 g/mol. The molecule has 8 rings (SSSR count). The lowest BCUT2D eigenvalue weighted by atomic mass is 10.0. The molecule has 0 bridgehead atoms. The number of alkyl halides is 6. The number of hydrogen-bond acceptors (Lipinski definition) is 17. The van der Waals surface area contributed by atoms with E-state index in [1.54, 1.807) is 109 Å². The van der Waals surface area contributed by atoms with Crippen molar-refractivity contribution >= 4 is 66.4 Å². The van der Waals surface area contributed by atoms with Crippen molar-refractivity contribution in [2.75, 3.05) is 62.8 Å². The van der Waals surface area contributed by atoms with Gasteiger partial charge in [0.05, 0.1) is 74.4 Å². The number of benzene rings is 4. The zero-order chi connectivity index (χ0) is 57.0. The maximum Gasteiger partial charge on any atom is 0.421 e. The third-order valence-corrected chi connectivity index (χ3v) is 12.6. The minimum atomic E-state index is -4.86. The van der Waals surface area contributed by atoms with Crippen molar-refractivity contribution < 1.29 is 59.0 Å². The van der Waals surface area contributed by atoms with Crippen molar-refractivity contribution in [2.45, 2.75) is 38.7 Å². The average Bonchev–Trinajstić information content (AvgIpc) is 4.15. The van der Waals surface area contributed by atoms with Crippen molar-refractivity contribution in [3.8, 4) is 22.3 Å². The standard InChI is InChI=1S/C52H51F6N14O7P/c1-59-47(73)39-21-33(35-23-63-71(27-35)17-19-76-3)9-15-43(39)67-45-41(51(53,54)55)25-61-49(69-45)65-37-11-5-31(6-12-37)29-78-80(75)79-30-32-7-13-38(14-8-32)66-50-62-26-42(52(56,57)58)46(70-50)68-44-16-10-34(22-40(44)48(74)60-2)36-24-64-72(28-36)18-20-77-4/h5-16,21-28,80H,17-20,29-30H2,1-4H3,(H,59,73)(H,60,74)(H2,61,65,67,69)(H2,62,66,68,70). The number of amides is 2. The quantitative estimate of drug-likeness (QED) is 0.0243. The number of rotatable bonds is 24. The van der Waals surface area contributed by atoms with E-state index in [2.05, 4.69) is 62.0 Å². The number of aromatic nitrogens is 8. The van der Waals surface area contributed by atoms with E-state index in [-0.39, 0.29) is 47.6 Å². The maximum atomic E-state index is 14.3. The highest BCUT2D eigenvalue weighted by molar-refractivity contribution is 7.33. The number of halogens is 6. The van der Waals surface area contributed by atoms with Crippen LogP contribution in [0, 0.1) is 0 Å². The largest absolute Gasteiger partial charge is 0.421 e. The highest BCUT2D eigenvalue weighted by Crippen LogP contribution is 2.39. The molecule has 80 heavy (non-hydrogen) atoms. The first-order chi connectivity index (χ1) is 38.4. The summed E-state index contributed by atoms with van der Waals surface area (Å²) >= 11 is 0. The second kappa shape index (κ2) is 25.8. The summed E-state index contributed by atoms with van der Waals surface area (Å²) in [5.74, 6) is -2.74. The second-order valence-corrected chi connectivity index (χ2v) is 18.4. The van der Waals surface area contributed by atoms with Gasteiger partial charge in [0.2, 0.25) is 11.9 Å². The molecule has 0 unspecified atom stereocenters. The summed E-state index contributed by atoms with van der Waals surface area (Å²) in [5.41, 5.74) is 2.30. The molecule has 28 heteroatoms. The minimum absolute atomic E-state index is 0.0479. The van der Waals surface area contributed by atoms with Crippen molar-refractivity contribution in [2.24, 2.45) is 0 Å². The van der Waals surface area contributed by atoms with Gasteiger partial charge in [-0.05, 0) is 70.8 Å². The fourth-order valence-corrected chi connectivity index (χ4v) is 8.30. The van der Waals surface area contributed by atoms with Crippen LogP contribution in [0.4, 0.5) is 72.6 Å². The average molecular weight is 1130 g/mol. The van der Waals surface area contributed by atoms with Gasteiger partial charge >= 0.3 is 20.6 Å². The smallest absolute Gasteiger partial charge is 0.383 e. The zero-order valence-electron chi connectivity index (χ0n) is 43.0. The molecule has 0 saturated carbocycles. The molecule has 0 spiro atoms. The van der Waals surface area contributed by atoms with Gasteiger partial charge in [-0.1, -0.05) is 36.4 Å². The molecular formula is C52H51F6N14O7P. The van der Waals surface area contributed by atoms with Crippen LogP contribution in [0.5, 0.6) is 0 Å². The van der Waals surface area contributed by atoms with Gasteiger partial charge in [-0.3, -0.25) is 23.5 Å². The van der Waals surface area contributed by atoms with Gasteiger partial charge in [0.15, 0.2) is 0 Å². The van der Waals surface area contributed by atoms with Crippen LogP contribution in [-0.4, -0.2) is 92.8 Å². The maximum absolute atomic E-state index is 14.3. The summed E-state index contributed by atoms with van der Waals surface area (Å²) in [5, 5.41) is 24.7. The van der Waals surface area contributed by atoms with Crippen LogP contribution >= 0.6 is 8.25 Å². The molecule has 2 amide bonds. The van der Waals surface area contributed by atoms with E-state index in [9.17, 15) is 40.5 Å². The van der Waals surface area contributed by atoms with Gasteiger partial charge in [0.1, 0.15) is 22.8 Å². The van der Waals surface area contributed by atoms with Gasteiger partial charge in [0, 0.05) is 75.6 Å². The first kappa shape index (κ1) is 57.4. The second-order valence-electron chi connectivity index (χ2n) is 17.3. The van der Waals surface area contributed by atoms with Gasteiger partial charge in [0.25, 0.3) is 11.8 Å². The van der Waals surface area contributed by atoms with Gasteiger partial charge in [-0.25, -0.2) is 9.97 Å².